The summed E-state index contributed by atoms with van der Waals surface area (Å²) in [6.07, 6.45) is 3.45. The van der Waals surface area contributed by atoms with Gasteiger partial charge in [0, 0.05) is 18.7 Å². The smallest absolute Gasteiger partial charge is 0.250 e. The highest BCUT2D eigenvalue weighted by molar-refractivity contribution is 7.21. The van der Waals surface area contributed by atoms with E-state index in [4.69, 9.17) is 4.98 Å². The van der Waals surface area contributed by atoms with Gasteiger partial charge in [-0.25, -0.2) is 4.98 Å². The predicted octanol–water partition coefficient (Wildman–Crippen LogP) is 5.95. The van der Waals surface area contributed by atoms with Crippen molar-refractivity contribution in [3.63, 3.8) is 0 Å². The molecule has 3 nitrogen and oxygen atoms in total. The molecule has 1 aromatic heterocycles. The predicted molar refractivity (Wildman–Crippen MR) is 119 cm³/mol. The second kappa shape index (κ2) is 7.79. The van der Waals surface area contributed by atoms with Crippen LogP contribution in [0.5, 0.6) is 0 Å². The molecule has 0 spiro atoms. The molecular formula is C24H20N2OS. The third kappa shape index (κ3) is 3.73. The van der Waals surface area contributed by atoms with Gasteiger partial charge in [-0.2, -0.15) is 0 Å². The maximum Gasteiger partial charge on any atom is 0.250 e. The number of hydrogen-bond acceptors (Lipinski definition) is 3. The zero-order valence-electron chi connectivity index (χ0n) is 15.8. The zero-order chi connectivity index (χ0) is 19.5. The molecule has 0 radical (unpaired) electrons. The molecule has 28 heavy (non-hydrogen) atoms. The Hall–Kier alpha value is -3.24. The van der Waals surface area contributed by atoms with Crippen molar-refractivity contribution in [3.8, 4) is 10.6 Å². The van der Waals surface area contributed by atoms with Crippen molar-refractivity contribution >= 4 is 39.2 Å². The van der Waals surface area contributed by atoms with E-state index in [1.165, 1.54) is 0 Å². The van der Waals surface area contributed by atoms with Crippen LogP contribution in [0.15, 0.2) is 78.9 Å². The van der Waals surface area contributed by atoms with Crippen LogP contribution in [0.25, 0.3) is 26.9 Å². The first kappa shape index (κ1) is 18.1. The lowest BCUT2D eigenvalue weighted by Crippen LogP contribution is -2.24. The topological polar surface area (TPSA) is 33.2 Å². The van der Waals surface area contributed by atoms with Crippen LogP contribution in [0, 0.1) is 6.92 Å². The third-order valence-corrected chi connectivity index (χ3v) is 5.66. The van der Waals surface area contributed by atoms with Crippen molar-refractivity contribution in [1.82, 2.24) is 4.98 Å². The molecule has 4 rings (SSSR count). The number of nitrogens with zero attached hydrogens (tertiary/aromatic N) is 2. The first-order valence-electron chi connectivity index (χ1n) is 9.09. The molecule has 3 aromatic carbocycles. The number of fused-ring (bicyclic) bond motifs is 1. The van der Waals surface area contributed by atoms with Crippen molar-refractivity contribution in [2.24, 2.45) is 0 Å². The number of para-hydroxylation sites is 1. The first-order chi connectivity index (χ1) is 13.6. The number of rotatable bonds is 4. The summed E-state index contributed by atoms with van der Waals surface area (Å²) in [6, 6.07) is 24.0. The molecule has 0 saturated carbocycles. The monoisotopic (exact) mass is 384 g/mol. The van der Waals surface area contributed by atoms with E-state index in [1.807, 2.05) is 66.7 Å². The SMILES string of the molecule is Cc1ccc(N(C)C(=O)/C=C/c2ccccc2)c(-c2nc3ccccc3s2)c1. The fraction of sp³-hybridized carbons (Fsp3) is 0.0833. The number of likely N-dealkylation sites (N-methyl/N-ethyl adjacent to an activating group) is 1. The summed E-state index contributed by atoms with van der Waals surface area (Å²) in [6.45, 7) is 2.05. The molecule has 1 heterocycles. The van der Waals surface area contributed by atoms with E-state index in [0.717, 1.165) is 37.6 Å². The van der Waals surface area contributed by atoms with Crippen LogP contribution in [-0.4, -0.2) is 17.9 Å². The molecule has 0 fully saturated rings. The molecule has 0 N–H and O–H groups in total. The van der Waals surface area contributed by atoms with Crippen molar-refractivity contribution in [3.05, 3.63) is 90.0 Å². The molecule has 1 amide bonds. The number of anilines is 1. The number of amides is 1. The second-order valence-corrected chi connectivity index (χ2v) is 7.68. The van der Waals surface area contributed by atoms with Crippen LogP contribution in [-0.2, 0) is 4.79 Å². The lowest BCUT2D eigenvalue weighted by Gasteiger charge is -2.19. The quantitative estimate of drug-likeness (QED) is 0.408. The summed E-state index contributed by atoms with van der Waals surface area (Å²) >= 11 is 1.65. The van der Waals surface area contributed by atoms with Crippen LogP contribution in [0.3, 0.4) is 0 Å². The normalized spacial score (nSPS) is 11.2. The standard InChI is InChI=1S/C24H20N2OS/c1-17-12-14-21(26(2)23(27)15-13-18-8-4-3-5-9-18)19(16-17)24-25-20-10-6-7-11-22(20)28-24/h3-16H,1-2H3/b15-13+. The van der Waals surface area contributed by atoms with Gasteiger partial charge in [0.1, 0.15) is 5.01 Å². The van der Waals surface area contributed by atoms with Crippen LogP contribution in [0.4, 0.5) is 5.69 Å². The fourth-order valence-electron chi connectivity index (χ4n) is 3.06. The van der Waals surface area contributed by atoms with Crippen molar-refractivity contribution in [2.75, 3.05) is 11.9 Å². The molecule has 138 valence electrons. The number of aryl methyl sites for hydroxylation is 1. The van der Waals surface area contributed by atoms with Gasteiger partial charge >= 0.3 is 0 Å². The van der Waals surface area contributed by atoms with E-state index in [0.29, 0.717) is 0 Å². The maximum atomic E-state index is 12.8. The van der Waals surface area contributed by atoms with Crippen LogP contribution >= 0.6 is 11.3 Å². The highest BCUT2D eigenvalue weighted by Crippen LogP contribution is 2.36. The number of aromatic nitrogens is 1. The Morgan fingerprint density at radius 3 is 2.54 bits per heavy atom. The summed E-state index contributed by atoms with van der Waals surface area (Å²) in [7, 11) is 1.80. The van der Waals surface area contributed by atoms with Gasteiger partial charge in [-0.1, -0.05) is 54.1 Å². The molecule has 0 saturated heterocycles. The van der Waals surface area contributed by atoms with Crippen LogP contribution in [0.2, 0.25) is 0 Å². The van der Waals surface area contributed by atoms with E-state index >= 15 is 0 Å². The lowest BCUT2D eigenvalue weighted by molar-refractivity contribution is -0.113. The molecule has 4 heteroatoms. The van der Waals surface area contributed by atoms with Crippen molar-refractivity contribution < 1.29 is 4.79 Å². The van der Waals surface area contributed by atoms with Crippen molar-refractivity contribution in [1.29, 1.82) is 0 Å². The van der Waals surface area contributed by atoms with Gasteiger partial charge in [-0.3, -0.25) is 4.79 Å². The van der Waals surface area contributed by atoms with E-state index in [-0.39, 0.29) is 5.91 Å². The molecule has 4 aromatic rings. The Labute approximate surface area is 168 Å². The van der Waals surface area contributed by atoms with E-state index in [9.17, 15) is 4.79 Å². The number of hydrogen-bond donors (Lipinski definition) is 0. The molecular weight excluding hydrogens is 364 g/mol. The first-order valence-corrected chi connectivity index (χ1v) is 9.91. The second-order valence-electron chi connectivity index (χ2n) is 6.65. The van der Waals surface area contributed by atoms with Gasteiger partial charge in [0.2, 0.25) is 0 Å². The van der Waals surface area contributed by atoms with Gasteiger partial charge in [0.15, 0.2) is 0 Å². The van der Waals surface area contributed by atoms with Gasteiger partial charge < -0.3 is 4.90 Å². The molecule has 0 aliphatic carbocycles. The van der Waals surface area contributed by atoms with Crippen LogP contribution < -0.4 is 4.90 Å². The number of thiazole rings is 1. The Morgan fingerprint density at radius 1 is 1.00 bits per heavy atom. The van der Waals surface area contributed by atoms with Crippen molar-refractivity contribution in [2.45, 2.75) is 6.92 Å². The Morgan fingerprint density at radius 2 is 1.75 bits per heavy atom. The summed E-state index contributed by atoms with van der Waals surface area (Å²) < 4.78 is 1.14. The highest BCUT2D eigenvalue weighted by atomic mass is 32.1. The number of carbonyl (C=O) groups is 1. The minimum atomic E-state index is -0.0740. The van der Waals surface area contributed by atoms with Gasteiger partial charge in [0.25, 0.3) is 5.91 Å². The molecule has 0 unspecified atom stereocenters. The lowest BCUT2D eigenvalue weighted by atomic mass is 10.1. The average Bonchev–Trinajstić information content (AvgIpc) is 3.16. The summed E-state index contributed by atoms with van der Waals surface area (Å²) in [4.78, 5) is 19.2. The minimum absolute atomic E-state index is 0.0740. The average molecular weight is 385 g/mol. The summed E-state index contributed by atoms with van der Waals surface area (Å²) in [5.74, 6) is -0.0740. The molecule has 0 aliphatic rings. The molecule has 0 bridgehead atoms. The maximum absolute atomic E-state index is 12.8. The van der Waals surface area contributed by atoms with E-state index < -0.39 is 0 Å². The van der Waals surface area contributed by atoms with E-state index in [2.05, 4.69) is 19.1 Å². The highest BCUT2D eigenvalue weighted by Gasteiger charge is 2.16. The third-order valence-electron chi connectivity index (χ3n) is 4.59. The zero-order valence-corrected chi connectivity index (χ0v) is 16.6. The number of benzene rings is 3. The Bertz CT molecular complexity index is 1130. The van der Waals surface area contributed by atoms with Gasteiger partial charge in [-0.05, 0) is 42.8 Å². The molecule has 0 atom stereocenters. The van der Waals surface area contributed by atoms with Crippen LogP contribution in [0.1, 0.15) is 11.1 Å². The molecule has 0 aliphatic heterocycles. The van der Waals surface area contributed by atoms with Gasteiger partial charge in [-0.15, -0.1) is 11.3 Å². The Kier molecular flexibility index (Phi) is 5.04. The fourth-order valence-corrected chi connectivity index (χ4v) is 4.05. The largest absolute Gasteiger partial charge is 0.311 e. The van der Waals surface area contributed by atoms with Gasteiger partial charge in [0.05, 0.1) is 15.9 Å². The number of carbonyl (C=O) groups excluding carboxylic acids is 1. The minimum Gasteiger partial charge on any atom is -0.311 e. The summed E-state index contributed by atoms with van der Waals surface area (Å²) in [5.41, 5.74) is 4.95. The van der Waals surface area contributed by atoms with E-state index in [1.54, 1.807) is 29.4 Å². The Balaban J connectivity index is 1.69. The summed E-state index contributed by atoms with van der Waals surface area (Å²) in [5, 5.41) is 0.923.